The molecule has 0 fully saturated rings. The van der Waals surface area contributed by atoms with Gasteiger partial charge in [0.15, 0.2) is 0 Å². The van der Waals surface area contributed by atoms with Gasteiger partial charge in [0.1, 0.15) is 0 Å². The van der Waals surface area contributed by atoms with E-state index < -0.39 is 0 Å². The van der Waals surface area contributed by atoms with Crippen molar-refractivity contribution < 1.29 is 0 Å². The summed E-state index contributed by atoms with van der Waals surface area (Å²) in [6.45, 7) is 6.03. The molecule has 0 saturated carbocycles. The predicted octanol–water partition coefficient (Wildman–Crippen LogP) is 3.61. The maximum absolute atomic E-state index is 3.77. The summed E-state index contributed by atoms with van der Waals surface area (Å²) in [6, 6.07) is 0. The maximum atomic E-state index is 3.77. The van der Waals surface area contributed by atoms with Gasteiger partial charge in [-0.1, -0.05) is 0 Å². The fourth-order valence-electron chi connectivity index (χ4n) is 1.05. The molecule has 0 bridgehead atoms. The van der Waals surface area contributed by atoms with Crippen LogP contribution in [-0.4, -0.2) is 20.9 Å². The predicted molar refractivity (Wildman–Crippen MR) is 54.1 cm³/mol. The van der Waals surface area contributed by atoms with Gasteiger partial charge in [-0.05, 0) is 0 Å². The molecule has 0 spiro atoms. The molecule has 0 rings (SSSR count). The van der Waals surface area contributed by atoms with Crippen LogP contribution in [0, 0.1) is 0 Å². The van der Waals surface area contributed by atoms with Crippen molar-refractivity contribution >= 4 is 20.9 Å². The molecule has 66 valence electrons. The summed E-state index contributed by atoms with van der Waals surface area (Å²) in [6.07, 6.45) is 8.61. The molecule has 0 nitrogen and oxygen atoms in total. The summed E-state index contributed by atoms with van der Waals surface area (Å²) in [7, 11) is 0. The first kappa shape index (κ1) is 11.5. The molecule has 0 heterocycles. The molecule has 0 unspecified atom stereocenters. The van der Waals surface area contributed by atoms with Crippen molar-refractivity contribution in [3.8, 4) is 0 Å². The molecule has 0 amide bonds. The Bertz CT molecular complexity index is 78.9. The van der Waals surface area contributed by atoms with Crippen molar-refractivity contribution in [2.75, 3.05) is 0 Å². The van der Waals surface area contributed by atoms with Gasteiger partial charge in [-0.25, -0.2) is 0 Å². The van der Waals surface area contributed by atoms with Crippen LogP contribution in [0.25, 0.3) is 0 Å². The minimum absolute atomic E-state index is 0.214. The van der Waals surface area contributed by atoms with E-state index in [0.29, 0.717) is 0 Å². The van der Waals surface area contributed by atoms with Gasteiger partial charge in [-0.2, -0.15) is 0 Å². The third-order valence-corrected chi connectivity index (χ3v) is 3.90. The van der Waals surface area contributed by atoms with Gasteiger partial charge < -0.3 is 0 Å². The van der Waals surface area contributed by atoms with Gasteiger partial charge in [-0.15, -0.1) is 0 Å². The second-order valence-corrected chi connectivity index (χ2v) is 5.87. The first-order valence-electron chi connectivity index (χ1n) is 4.64. The summed E-state index contributed by atoms with van der Waals surface area (Å²) in [5.41, 5.74) is 0. The van der Waals surface area contributed by atoms with E-state index in [9.17, 15) is 0 Å². The van der Waals surface area contributed by atoms with Gasteiger partial charge in [0.05, 0.1) is 0 Å². The van der Waals surface area contributed by atoms with Crippen molar-refractivity contribution in [3.05, 3.63) is 10.7 Å². The van der Waals surface area contributed by atoms with Crippen molar-refractivity contribution in [1.82, 2.24) is 0 Å². The fraction of sp³-hybridized carbons (Fsp3) is 0.800. The van der Waals surface area contributed by atoms with Crippen LogP contribution in [0.15, 0.2) is 10.7 Å². The second kappa shape index (κ2) is 10.5. The summed E-state index contributed by atoms with van der Waals surface area (Å²) in [5, 5.41) is 0. The Labute approximate surface area is 81.5 Å². The van der Waals surface area contributed by atoms with Crippen LogP contribution >= 0.6 is 0 Å². The first-order valence-corrected chi connectivity index (χ1v) is 7.63. The molecule has 0 aromatic heterocycles. The average Bonchev–Trinajstić information content (AvgIpc) is 2.03. The third-order valence-electron chi connectivity index (χ3n) is 1.73. The Balaban J connectivity index is 2.74. The Morgan fingerprint density at radius 2 is 1.73 bits per heavy atom. The van der Waals surface area contributed by atoms with E-state index in [-0.39, 0.29) is 20.9 Å². The van der Waals surface area contributed by atoms with Gasteiger partial charge in [0.2, 0.25) is 0 Å². The fourth-order valence-corrected chi connectivity index (χ4v) is 2.58. The summed E-state index contributed by atoms with van der Waals surface area (Å²) >= 11 is 0.214. The molecular weight excluding hydrogens is 248 g/mol. The average molecular weight is 268 g/mol. The number of unbranched alkanes of at least 4 members (excludes halogenated alkanes) is 5. The second-order valence-electron chi connectivity index (χ2n) is 2.81. The van der Waals surface area contributed by atoms with Crippen LogP contribution in [0.5, 0.6) is 0 Å². The van der Waals surface area contributed by atoms with E-state index in [4.69, 9.17) is 0 Å². The Hall–Kier alpha value is 0.530. The van der Waals surface area contributed by atoms with Crippen molar-refractivity contribution in [2.45, 2.75) is 49.9 Å². The van der Waals surface area contributed by atoms with Crippen LogP contribution in [0.2, 0.25) is 4.47 Å². The van der Waals surface area contributed by atoms with Gasteiger partial charge in [-0.3, -0.25) is 0 Å². The normalized spacial score (nSPS) is 9.91. The van der Waals surface area contributed by atoms with Crippen LogP contribution in [0.1, 0.15) is 45.4 Å². The number of hydrogen-bond donors (Lipinski definition) is 0. The molecule has 11 heavy (non-hydrogen) atoms. The molecule has 0 aliphatic carbocycles. The van der Waals surface area contributed by atoms with Gasteiger partial charge in [0.25, 0.3) is 0 Å². The Kier molecular flexibility index (Phi) is 11.0. The van der Waals surface area contributed by atoms with E-state index in [1.54, 1.807) is 0 Å². The molecule has 0 aliphatic heterocycles. The van der Waals surface area contributed by atoms with Crippen LogP contribution in [0.3, 0.4) is 0 Å². The molecule has 0 aromatic rings. The minimum atomic E-state index is 0.214. The van der Waals surface area contributed by atoms with E-state index in [0.717, 1.165) is 0 Å². The zero-order chi connectivity index (χ0) is 8.36. The standard InChI is InChI=1S/C10H20Te/c1-3-5-6-7-8-9-10-11-4-2/h4H,2-3,5-10H2,1H3. The molecule has 0 aliphatic rings. The Morgan fingerprint density at radius 3 is 2.36 bits per heavy atom. The van der Waals surface area contributed by atoms with E-state index in [1.165, 1.54) is 43.0 Å². The van der Waals surface area contributed by atoms with Crippen LogP contribution < -0.4 is 0 Å². The molecule has 0 atom stereocenters. The van der Waals surface area contributed by atoms with Crippen molar-refractivity contribution in [3.63, 3.8) is 0 Å². The molecule has 0 saturated heterocycles. The molecule has 0 aromatic carbocycles. The number of hydrogen-bond acceptors (Lipinski definition) is 0. The van der Waals surface area contributed by atoms with Gasteiger partial charge >= 0.3 is 81.5 Å². The third kappa shape index (κ3) is 10.5. The molecular formula is C10H20Te. The summed E-state index contributed by atoms with van der Waals surface area (Å²) < 4.78 is 3.62. The SMILES string of the molecule is C=C[Te]CCCCCCCC. The molecule has 0 radical (unpaired) electrons. The van der Waals surface area contributed by atoms with Crippen molar-refractivity contribution in [1.29, 1.82) is 0 Å². The Morgan fingerprint density at radius 1 is 1.09 bits per heavy atom. The van der Waals surface area contributed by atoms with Crippen LogP contribution in [-0.2, 0) is 0 Å². The zero-order valence-electron chi connectivity index (χ0n) is 7.64. The topological polar surface area (TPSA) is 0 Å². The van der Waals surface area contributed by atoms with Crippen molar-refractivity contribution in [2.24, 2.45) is 0 Å². The van der Waals surface area contributed by atoms with E-state index in [2.05, 4.69) is 17.6 Å². The first-order chi connectivity index (χ1) is 5.41. The molecule has 0 N–H and O–H groups in total. The van der Waals surface area contributed by atoms with Gasteiger partial charge in [0, 0.05) is 0 Å². The monoisotopic (exact) mass is 270 g/mol. The quantitative estimate of drug-likeness (QED) is 0.466. The molecule has 1 heteroatoms. The van der Waals surface area contributed by atoms with E-state index >= 15 is 0 Å². The van der Waals surface area contributed by atoms with Crippen LogP contribution in [0.4, 0.5) is 0 Å². The van der Waals surface area contributed by atoms with E-state index in [1.807, 2.05) is 0 Å². The summed E-state index contributed by atoms with van der Waals surface area (Å²) in [4.78, 5) is 0. The zero-order valence-corrected chi connectivity index (χ0v) is 9.97. The number of rotatable bonds is 8. The summed E-state index contributed by atoms with van der Waals surface area (Å²) in [5.74, 6) is 0.